The van der Waals surface area contributed by atoms with Crippen molar-refractivity contribution in [2.75, 3.05) is 4.72 Å². The number of hydrogen-bond donors (Lipinski definition) is 1. The zero-order valence-corrected chi connectivity index (χ0v) is 15.9. The first kappa shape index (κ1) is 19.5. The first-order chi connectivity index (χ1) is 14.4. The normalized spacial score (nSPS) is 11.3. The molecule has 0 saturated carbocycles. The summed E-state index contributed by atoms with van der Waals surface area (Å²) in [6.07, 6.45) is 4.65. The second-order valence-corrected chi connectivity index (χ2v) is 7.62. The second kappa shape index (κ2) is 7.87. The third-order valence-electron chi connectivity index (χ3n) is 3.88. The first-order valence-electron chi connectivity index (χ1n) is 8.48. The van der Waals surface area contributed by atoms with Gasteiger partial charge >= 0.3 is 0 Å². The Morgan fingerprint density at radius 3 is 2.53 bits per heavy atom. The van der Waals surface area contributed by atoms with Crippen molar-refractivity contribution in [3.8, 4) is 17.4 Å². The van der Waals surface area contributed by atoms with E-state index in [1.807, 2.05) is 0 Å². The van der Waals surface area contributed by atoms with Crippen LogP contribution in [-0.4, -0.2) is 28.2 Å². The zero-order valence-electron chi connectivity index (χ0n) is 15.1. The van der Waals surface area contributed by atoms with Crippen molar-refractivity contribution in [1.82, 2.24) is 19.7 Å². The Balaban J connectivity index is 1.50. The zero-order chi connectivity index (χ0) is 21.1. The summed E-state index contributed by atoms with van der Waals surface area (Å²) in [5.41, 5.74) is 0.144. The van der Waals surface area contributed by atoms with Gasteiger partial charge in [-0.05, 0) is 48.5 Å². The highest BCUT2D eigenvalue weighted by Gasteiger charge is 2.20. The van der Waals surface area contributed by atoms with Crippen LogP contribution in [0.1, 0.15) is 0 Å². The number of halogens is 2. The highest BCUT2D eigenvalue weighted by Crippen LogP contribution is 2.24. The summed E-state index contributed by atoms with van der Waals surface area (Å²) in [7, 11) is -4.31. The molecule has 30 heavy (non-hydrogen) atoms. The fraction of sp³-hybridized carbons (Fsp3) is 0. The van der Waals surface area contributed by atoms with E-state index in [0.717, 1.165) is 12.1 Å². The lowest BCUT2D eigenvalue weighted by Crippen LogP contribution is -2.14. The first-order valence-corrected chi connectivity index (χ1v) is 9.97. The lowest BCUT2D eigenvalue weighted by molar-refractivity contribution is 0.460. The van der Waals surface area contributed by atoms with Gasteiger partial charge in [0, 0.05) is 24.1 Å². The van der Waals surface area contributed by atoms with Crippen molar-refractivity contribution in [2.45, 2.75) is 4.90 Å². The van der Waals surface area contributed by atoms with Gasteiger partial charge in [-0.3, -0.25) is 4.72 Å². The highest BCUT2D eigenvalue weighted by molar-refractivity contribution is 7.92. The number of sulfonamides is 1. The van der Waals surface area contributed by atoms with Gasteiger partial charge in [-0.1, -0.05) is 0 Å². The minimum Gasteiger partial charge on any atom is -0.439 e. The van der Waals surface area contributed by atoms with Crippen LogP contribution in [0.15, 0.2) is 78.2 Å². The van der Waals surface area contributed by atoms with Gasteiger partial charge in [0.15, 0.2) is 5.82 Å². The number of benzene rings is 2. The molecule has 0 saturated heterocycles. The quantitative estimate of drug-likeness (QED) is 0.503. The third kappa shape index (κ3) is 4.25. The van der Waals surface area contributed by atoms with Gasteiger partial charge in [0.1, 0.15) is 28.6 Å². The molecule has 4 rings (SSSR count). The van der Waals surface area contributed by atoms with E-state index in [1.54, 1.807) is 24.5 Å². The molecule has 0 atom stereocenters. The Morgan fingerprint density at radius 1 is 1.00 bits per heavy atom. The van der Waals surface area contributed by atoms with E-state index in [4.69, 9.17) is 4.74 Å². The summed E-state index contributed by atoms with van der Waals surface area (Å²) < 4.78 is 61.1. The number of rotatable bonds is 6. The fourth-order valence-corrected chi connectivity index (χ4v) is 3.67. The summed E-state index contributed by atoms with van der Waals surface area (Å²) >= 11 is 0. The summed E-state index contributed by atoms with van der Waals surface area (Å²) in [5.74, 6) is -0.780. The van der Waals surface area contributed by atoms with Crippen molar-refractivity contribution < 1.29 is 21.9 Å². The summed E-state index contributed by atoms with van der Waals surface area (Å²) in [4.78, 5) is 7.33. The Labute approximate surface area is 169 Å². The van der Waals surface area contributed by atoms with Gasteiger partial charge in [0.25, 0.3) is 10.0 Å². The summed E-state index contributed by atoms with van der Waals surface area (Å²) in [5, 5.41) is 4.07. The average Bonchev–Trinajstić information content (AvgIpc) is 3.26. The van der Waals surface area contributed by atoms with Crippen LogP contribution in [0, 0.1) is 11.6 Å². The minimum absolute atomic E-state index is 0.144. The van der Waals surface area contributed by atoms with Crippen LogP contribution >= 0.6 is 0 Å². The maximum atomic E-state index is 13.8. The van der Waals surface area contributed by atoms with Crippen molar-refractivity contribution in [2.24, 2.45) is 0 Å². The van der Waals surface area contributed by atoms with E-state index in [9.17, 15) is 17.2 Å². The monoisotopic (exact) mass is 429 g/mol. The molecule has 0 unspecified atom stereocenters. The van der Waals surface area contributed by atoms with Crippen molar-refractivity contribution in [3.05, 3.63) is 85.0 Å². The molecular weight excluding hydrogens is 416 g/mol. The van der Waals surface area contributed by atoms with Crippen LogP contribution in [0.25, 0.3) is 5.82 Å². The minimum atomic E-state index is -4.31. The molecule has 0 bridgehead atoms. The molecule has 1 N–H and O–H groups in total. The number of anilines is 1. The number of ether oxygens (including phenoxy) is 1. The smallest absolute Gasteiger partial charge is 0.264 e. The third-order valence-corrected chi connectivity index (χ3v) is 5.27. The Morgan fingerprint density at radius 2 is 1.80 bits per heavy atom. The molecule has 0 aliphatic rings. The van der Waals surface area contributed by atoms with E-state index >= 15 is 0 Å². The van der Waals surface area contributed by atoms with Gasteiger partial charge < -0.3 is 4.74 Å². The van der Waals surface area contributed by atoms with E-state index in [0.29, 0.717) is 17.6 Å². The molecule has 4 aromatic rings. The average molecular weight is 429 g/mol. The van der Waals surface area contributed by atoms with E-state index in [1.165, 1.54) is 35.3 Å². The molecule has 152 valence electrons. The maximum Gasteiger partial charge on any atom is 0.264 e. The fourth-order valence-electron chi connectivity index (χ4n) is 2.52. The van der Waals surface area contributed by atoms with Crippen LogP contribution < -0.4 is 9.46 Å². The standard InChI is InChI=1S/C19H13F2N5O3S/c20-13-2-7-16(21)17(10-13)30(27,28)25-14-3-5-15(6-4-14)29-19-11-18(22-12-23-19)26-9-1-8-24-26/h1-12,25H. The molecule has 2 heterocycles. The molecule has 0 amide bonds. The predicted molar refractivity (Wildman–Crippen MR) is 103 cm³/mol. The topological polar surface area (TPSA) is 99.0 Å². The van der Waals surface area contributed by atoms with E-state index in [2.05, 4.69) is 19.8 Å². The molecule has 0 radical (unpaired) electrons. The van der Waals surface area contributed by atoms with Gasteiger partial charge in [-0.25, -0.2) is 31.8 Å². The Bertz CT molecular complexity index is 1280. The maximum absolute atomic E-state index is 13.8. The van der Waals surface area contributed by atoms with Crippen LogP contribution in [-0.2, 0) is 10.0 Å². The second-order valence-electron chi connectivity index (χ2n) is 5.97. The van der Waals surface area contributed by atoms with Crippen LogP contribution in [0.4, 0.5) is 14.5 Å². The molecule has 11 heteroatoms. The molecule has 0 spiro atoms. The number of nitrogens with one attached hydrogen (secondary N) is 1. The molecule has 0 aliphatic heterocycles. The number of nitrogens with zero attached hydrogens (tertiary/aromatic N) is 4. The Hall–Kier alpha value is -3.86. The van der Waals surface area contributed by atoms with Crippen molar-refractivity contribution in [1.29, 1.82) is 0 Å². The number of hydrogen-bond acceptors (Lipinski definition) is 6. The summed E-state index contributed by atoms with van der Waals surface area (Å²) in [6.45, 7) is 0. The van der Waals surface area contributed by atoms with Crippen LogP contribution in [0.3, 0.4) is 0 Å². The largest absolute Gasteiger partial charge is 0.439 e. The summed E-state index contributed by atoms with van der Waals surface area (Å²) in [6, 6.07) is 11.4. The molecule has 2 aromatic heterocycles. The van der Waals surface area contributed by atoms with Gasteiger partial charge in [-0.2, -0.15) is 5.10 Å². The lowest BCUT2D eigenvalue weighted by Gasteiger charge is -2.10. The van der Waals surface area contributed by atoms with Gasteiger partial charge in [-0.15, -0.1) is 0 Å². The Kier molecular flexibility index (Phi) is 5.11. The lowest BCUT2D eigenvalue weighted by atomic mass is 10.3. The molecule has 0 aliphatic carbocycles. The van der Waals surface area contributed by atoms with E-state index in [-0.39, 0.29) is 11.6 Å². The van der Waals surface area contributed by atoms with Crippen molar-refractivity contribution >= 4 is 15.7 Å². The van der Waals surface area contributed by atoms with Crippen LogP contribution in [0.2, 0.25) is 0 Å². The van der Waals surface area contributed by atoms with E-state index < -0.39 is 26.6 Å². The highest BCUT2D eigenvalue weighted by atomic mass is 32.2. The number of aromatic nitrogens is 4. The van der Waals surface area contributed by atoms with Gasteiger partial charge in [0.05, 0.1) is 0 Å². The van der Waals surface area contributed by atoms with Crippen LogP contribution in [0.5, 0.6) is 11.6 Å². The van der Waals surface area contributed by atoms with Crippen molar-refractivity contribution in [3.63, 3.8) is 0 Å². The molecule has 8 nitrogen and oxygen atoms in total. The molecule has 2 aromatic carbocycles. The predicted octanol–water partition coefficient (Wildman–Crippen LogP) is 3.53. The SMILES string of the molecule is O=S(=O)(Nc1ccc(Oc2cc(-n3cccn3)ncn2)cc1)c1cc(F)ccc1F. The van der Waals surface area contributed by atoms with Gasteiger partial charge in [0.2, 0.25) is 5.88 Å². The molecular formula is C19H13F2N5O3S. The molecule has 0 fully saturated rings.